The predicted molar refractivity (Wildman–Crippen MR) is 80.0 cm³/mol. The molecule has 19 heavy (non-hydrogen) atoms. The Morgan fingerprint density at radius 1 is 1.32 bits per heavy atom. The van der Waals surface area contributed by atoms with Crippen LogP contribution in [-0.2, 0) is 4.79 Å². The normalized spacial score (nSPS) is 24.6. The second-order valence-electron chi connectivity index (χ2n) is 6.46. The van der Waals surface area contributed by atoms with E-state index in [0.717, 1.165) is 32.2 Å². The molecular weight excluding hydrogens is 238 g/mol. The molecule has 1 amide bonds. The molecule has 1 saturated heterocycles. The van der Waals surface area contributed by atoms with Gasteiger partial charge in [0, 0.05) is 12.1 Å². The van der Waals surface area contributed by atoms with E-state index in [9.17, 15) is 4.79 Å². The Labute approximate surface area is 118 Å². The fraction of sp³-hybridized carbons (Fsp3) is 0.933. The van der Waals surface area contributed by atoms with Crippen molar-refractivity contribution >= 4 is 5.91 Å². The van der Waals surface area contributed by atoms with Crippen LogP contribution < -0.4 is 5.32 Å². The molecule has 1 rings (SSSR count). The summed E-state index contributed by atoms with van der Waals surface area (Å²) < 4.78 is 0. The Kier molecular flexibility index (Phi) is 5.81. The summed E-state index contributed by atoms with van der Waals surface area (Å²) in [6, 6.07) is 0.0304. The standard InChI is InChI=1S/C15H31N3O/c1-7-9-10-12-14(19)18(13(8-2)16-12)11-15(3,4)17(5)6/h12-13,16H,7-11H2,1-6H3. The summed E-state index contributed by atoms with van der Waals surface area (Å²) in [4.78, 5) is 16.8. The molecule has 0 radical (unpaired) electrons. The molecule has 4 heteroatoms. The first kappa shape index (κ1) is 16.4. The highest BCUT2D eigenvalue weighted by Crippen LogP contribution is 2.22. The van der Waals surface area contributed by atoms with E-state index in [2.05, 4.69) is 52.0 Å². The van der Waals surface area contributed by atoms with Crippen molar-refractivity contribution in [3.63, 3.8) is 0 Å². The highest BCUT2D eigenvalue weighted by atomic mass is 16.2. The summed E-state index contributed by atoms with van der Waals surface area (Å²) in [5.41, 5.74) is 0.00437. The number of carbonyl (C=O) groups is 1. The minimum atomic E-state index is 0.00437. The van der Waals surface area contributed by atoms with Gasteiger partial charge in [0.2, 0.25) is 5.91 Å². The van der Waals surface area contributed by atoms with Gasteiger partial charge in [-0.3, -0.25) is 10.1 Å². The Bertz CT molecular complexity index is 302. The number of nitrogens with one attached hydrogen (secondary N) is 1. The van der Waals surface area contributed by atoms with Crippen molar-refractivity contribution in [2.75, 3.05) is 20.6 Å². The molecular formula is C15H31N3O. The average Bonchev–Trinajstić information content (AvgIpc) is 2.63. The number of hydrogen-bond donors (Lipinski definition) is 1. The van der Waals surface area contributed by atoms with Gasteiger partial charge in [0.25, 0.3) is 0 Å². The Morgan fingerprint density at radius 2 is 1.95 bits per heavy atom. The molecule has 0 bridgehead atoms. The molecule has 1 heterocycles. The van der Waals surface area contributed by atoms with Crippen LogP contribution in [0.25, 0.3) is 0 Å². The van der Waals surface area contributed by atoms with E-state index >= 15 is 0 Å². The Hall–Kier alpha value is -0.610. The molecule has 2 unspecified atom stereocenters. The van der Waals surface area contributed by atoms with Crippen LogP contribution in [0.2, 0.25) is 0 Å². The van der Waals surface area contributed by atoms with E-state index in [1.165, 1.54) is 0 Å². The molecule has 1 aliphatic rings. The first-order valence-electron chi connectivity index (χ1n) is 7.57. The fourth-order valence-electron chi connectivity index (χ4n) is 2.45. The van der Waals surface area contributed by atoms with Gasteiger partial charge in [-0.2, -0.15) is 0 Å². The number of hydrogen-bond acceptors (Lipinski definition) is 3. The van der Waals surface area contributed by atoms with Crippen molar-refractivity contribution in [3.8, 4) is 0 Å². The lowest BCUT2D eigenvalue weighted by Crippen LogP contribution is -2.51. The molecule has 0 aliphatic carbocycles. The average molecular weight is 269 g/mol. The van der Waals surface area contributed by atoms with Crippen molar-refractivity contribution in [3.05, 3.63) is 0 Å². The summed E-state index contributed by atoms with van der Waals surface area (Å²) in [6.45, 7) is 9.47. The molecule has 1 N–H and O–H groups in total. The van der Waals surface area contributed by atoms with Crippen LogP contribution in [0.3, 0.4) is 0 Å². The lowest BCUT2D eigenvalue weighted by atomic mass is 10.0. The monoisotopic (exact) mass is 269 g/mol. The number of amides is 1. The lowest BCUT2D eigenvalue weighted by molar-refractivity contribution is -0.131. The molecule has 0 saturated carbocycles. The van der Waals surface area contributed by atoms with Crippen LogP contribution in [0.4, 0.5) is 0 Å². The second kappa shape index (κ2) is 6.71. The summed E-state index contributed by atoms with van der Waals surface area (Å²) in [6.07, 6.45) is 4.40. The lowest BCUT2D eigenvalue weighted by Gasteiger charge is -2.38. The maximum atomic E-state index is 12.5. The molecule has 0 aromatic heterocycles. The van der Waals surface area contributed by atoms with Gasteiger partial charge in [-0.25, -0.2) is 0 Å². The van der Waals surface area contributed by atoms with Crippen LogP contribution in [0.5, 0.6) is 0 Å². The SMILES string of the molecule is CCCCC1NC(CC)N(CC(C)(C)N(C)C)C1=O. The number of unbranched alkanes of at least 4 members (excludes halogenated alkanes) is 1. The smallest absolute Gasteiger partial charge is 0.241 e. The maximum Gasteiger partial charge on any atom is 0.241 e. The molecule has 0 aromatic carbocycles. The van der Waals surface area contributed by atoms with Gasteiger partial charge in [0.05, 0.1) is 12.2 Å². The van der Waals surface area contributed by atoms with Gasteiger partial charge in [-0.1, -0.05) is 26.7 Å². The number of rotatable bonds is 7. The van der Waals surface area contributed by atoms with E-state index in [0.29, 0.717) is 0 Å². The highest BCUT2D eigenvalue weighted by Gasteiger charge is 2.40. The van der Waals surface area contributed by atoms with Gasteiger partial charge in [-0.15, -0.1) is 0 Å². The van der Waals surface area contributed by atoms with Gasteiger partial charge < -0.3 is 9.80 Å². The quantitative estimate of drug-likeness (QED) is 0.768. The van der Waals surface area contributed by atoms with E-state index in [-0.39, 0.29) is 23.7 Å². The first-order chi connectivity index (χ1) is 8.83. The van der Waals surface area contributed by atoms with Gasteiger partial charge in [0.15, 0.2) is 0 Å². The van der Waals surface area contributed by atoms with Gasteiger partial charge in [-0.05, 0) is 40.8 Å². The van der Waals surface area contributed by atoms with Crippen LogP contribution in [0, 0.1) is 0 Å². The zero-order valence-electron chi connectivity index (χ0n) is 13.5. The summed E-state index contributed by atoms with van der Waals surface area (Å²) in [7, 11) is 4.15. The van der Waals surface area contributed by atoms with E-state index in [4.69, 9.17) is 0 Å². The largest absolute Gasteiger partial charge is 0.324 e. The third-order valence-electron chi connectivity index (χ3n) is 4.35. The molecule has 1 fully saturated rings. The third kappa shape index (κ3) is 3.93. The topological polar surface area (TPSA) is 35.6 Å². The summed E-state index contributed by atoms with van der Waals surface area (Å²) in [5.74, 6) is 0.287. The van der Waals surface area contributed by atoms with Crippen molar-refractivity contribution in [1.82, 2.24) is 15.1 Å². The third-order valence-corrected chi connectivity index (χ3v) is 4.35. The van der Waals surface area contributed by atoms with Crippen LogP contribution in [0.15, 0.2) is 0 Å². The number of likely N-dealkylation sites (N-methyl/N-ethyl adjacent to an activating group) is 1. The minimum absolute atomic E-state index is 0.00437. The second-order valence-corrected chi connectivity index (χ2v) is 6.46. The van der Waals surface area contributed by atoms with Crippen LogP contribution >= 0.6 is 0 Å². The highest BCUT2D eigenvalue weighted by molar-refractivity contribution is 5.84. The van der Waals surface area contributed by atoms with Crippen molar-refractivity contribution in [2.45, 2.75) is 71.1 Å². The summed E-state index contributed by atoms with van der Waals surface area (Å²) in [5, 5.41) is 3.49. The van der Waals surface area contributed by atoms with Gasteiger partial charge >= 0.3 is 0 Å². The molecule has 112 valence electrons. The molecule has 2 atom stereocenters. The van der Waals surface area contributed by atoms with E-state index in [1.807, 2.05) is 4.90 Å². The Morgan fingerprint density at radius 3 is 2.42 bits per heavy atom. The fourth-order valence-corrected chi connectivity index (χ4v) is 2.45. The minimum Gasteiger partial charge on any atom is -0.324 e. The Balaban J connectivity index is 2.72. The molecule has 1 aliphatic heterocycles. The number of nitrogens with zero attached hydrogens (tertiary/aromatic N) is 2. The number of carbonyl (C=O) groups excluding carboxylic acids is 1. The molecule has 0 spiro atoms. The van der Waals surface area contributed by atoms with Crippen molar-refractivity contribution in [2.24, 2.45) is 0 Å². The van der Waals surface area contributed by atoms with Crippen molar-refractivity contribution < 1.29 is 4.79 Å². The maximum absolute atomic E-state index is 12.5. The van der Waals surface area contributed by atoms with Crippen LogP contribution in [-0.4, -0.2) is 54.1 Å². The summed E-state index contributed by atoms with van der Waals surface area (Å²) >= 11 is 0. The first-order valence-corrected chi connectivity index (χ1v) is 7.57. The van der Waals surface area contributed by atoms with Crippen LogP contribution in [0.1, 0.15) is 53.4 Å². The zero-order chi connectivity index (χ0) is 14.6. The predicted octanol–water partition coefficient (Wildman–Crippen LogP) is 2.05. The van der Waals surface area contributed by atoms with E-state index < -0.39 is 0 Å². The molecule has 0 aromatic rings. The van der Waals surface area contributed by atoms with Gasteiger partial charge in [0.1, 0.15) is 0 Å². The van der Waals surface area contributed by atoms with E-state index in [1.54, 1.807) is 0 Å². The molecule has 4 nitrogen and oxygen atoms in total. The van der Waals surface area contributed by atoms with Crippen molar-refractivity contribution in [1.29, 1.82) is 0 Å². The zero-order valence-corrected chi connectivity index (χ0v) is 13.5.